The molecule has 0 aliphatic carbocycles. The van der Waals surface area contributed by atoms with E-state index in [4.69, 9.17) is 10.00 Å². The fourth-order valence-electron chi connectivity index (χ4n) is 2.29. The van der Waals surface area contributed by atoms with Gasteiger partial charge >= 0.3 is 0 Å². The number of hydrogen-bond acceptors (Lipinski definition) is 3. The number of carbonyl (C=O) groups is 1. The number of nitrogens with zero attached hydrogens (tertiary/aromatic N) is 2. The summed E-state index contributed by atoms with van der Waals surface area (Å²) < 4.78 is 19.8. The Balaban J connectivity index is 2.43. The predicted molar refractivity (Wildman–Crippen MR) is 76.1 cm³/mol. The van der Waals surface area contributed by atoms with Crippen LogP contribution < -0.4 is 4.74 Å². The summed E-state index contributed by atoms with van der Waals surface area (Å²) in [7, 11) is 0. The molecule has 5 heteroatoms. The summed E-state index contributed by atoms with van der Waals surface area (Å²) in [4.78, 5) is 14.2. The number of rotatable bonds is 0. The van der Waals surface area contributed by atoms with Crippen LogP contribution in [0.25, 0.3) is 0 Å². The maximum atomic E-state index is 14.2. The first-order chi connectivity index (χ1) is 9.74. The van der Waals surface area contributed by atoms with E-state index in [0.29, 0.717) is 11.3 Å². The zero-order valence-corrected chi connectivity index (χ0v) is 12.7. The second-order valence-electron chi connectivity index (χ2n) is 6.39. The van der Waals surface area contributed by atoms with Crippen LogP contribution in [0.3, 0.4) is 0 Å². The Bertz CT molecular complexity index is 614. The highest BCUT2D eigenvalue weighted by Crippen LogP contribution is 2.31. The lowest BCUT2D eigenvalue weighted by Gasteiger charge is -2.32. The van der Waals surface area contributed by atoms with Crippen molar-refractivity contribution in [1.82, 2.24) is 4.90 Å². The monoisotopic (exact) mass is 290 g/mol. The molecule has 0 fully saturated rings. The summed E-state index contributed by atoms with van der Waals surface area (Å²) in [6, 6.07) is 4.45. The van der Waals surface area contributed by atoms with Crippen molar-refractivity contribution in [3.05, 3.63) is 29.1 Å². The first-order valence-corrected chi connectivity index (χ1v) is 6.90. The normalized spacial score (nSPS) is 18.3. The molecule has 1 aliphatic heterocycles. The molecule has 1 heterocycles. The molecule has 0 spiro atoms. The van der Waals surface area contributed by atoms with Crippen LogP contribution in [0.15, 0.2) is 12.1 Å². The van der Waals surface area contributed by atoms with Crippen LogP contribution in [-0.4, -0.2) is 23.5 Å². The van der Waals surface area contributed by atoms with E-state index in [9.17, 15) is 9.18 Å². The molecule has 0 saturated heterocycles. The van der Waals surface area contributed by atoms with Crippen LogP contribution >= 0.6 is 0 Å². The molecule has 112 valence electrons. The molecule has 0 saturated carbocycles. The van der Waals surface area contributed by atoms with E-state index in [0.717, 1.165) is 0 Å². The maximum absolute atomic E-state index is 14.2. The summed E-state index contributed by atoms with van der Waals surface area (Å²) in [6.07, 6.45) is 0. The topological polar surface area (TPSA) is 53.3 Å². The Hall–Kier alpha value is -2.09. The number of carbonyl (C=O) groups excluding carboxylic acids is 1. The molecular weight excluding hydrogens is 271 g/mol. The van der Waals surface area contributed by atoms with Crippen molar-refractivity contribution >= 4 is 5.91 Å². The van der Waals surface area contributed by atoms with Crippen molar-refractivity contribution in [3.8, 4) is 11.8 Å². The van der Waals surface area contributed by atoms with Crippen molar-refractivity contribution in [1.29, 1.82) is 5.26 Å². The second kappa shape index (κ2) is 5.36. The molecule has 2 rings (SSSR count). The summed E-state index contributed by atoms with van der Waals surface area (Å²) >= 11 is 0. The summed E-state index contributed by atoms with van der Waals surface area (Å²) in [6.45, 7) is 7.82. The van der Waals surface area contributed by atoms with Gasteiger partial charge in [0, 0.05) is 11.0 Å². The Morgan fingerprint density at radius 3 is 2.71 bits per heavy atom. The van der Waals surface area contributed by atoms with Crippen LogP contribution in [0.4, 0.5) is 4.39 Å². The highest BCUT2D eigenvalue weighted by atomic mass is 19.1. The minimum absolute atomic E-state index is 0.0461. The van der Waals surface area contributed by atoms with Crippen molar-refractivity contribution < 1.29 is 13.9 Å². The number of hydrogen-bond donors (Lipinski definition) is 0. The van der Waals surface area contributed by atoms with Gasteiger partial charge in [0.15, 0.2) is 0 Å². The second-order valence-corrected chi connectivity index (χ2v) is 6.39. The molecule has 1 aliphatic rings. The molecule has 1 atom stereocenters. The lowest BCUT2D eigenvalue weighted by atomic mass is 9.93. The number of halogens is 1. The Kier molecular flexibility index (Phi) is 3.91. The van der Waals surface area contributed by atoms with E-state index in [2.05, 4.69) is 0 Å². The number of fused-ring (bicyclic) bond motifs is 1. The first-order valence-electron chi connectivity index (χ1n) is 6.90. The summed E-state index contributed by atoms with van der Waals surface area (Å²) in [5.74, 6) is -0.206. The van der Waals surface area contributed by atoms with Gasteiger partial charge in [-0.3, -0.25) is 4.79 Å². The quantitative estimate of drug-likeness (QED) is 0.738. The Morgan fingerprint density at radius 2 is 2.14 bits per heavy atom. The molecule has 0 aromatic heterocycles. The zero-order valence-electron chi connectivity index (χ0n) is 12.7. The molecule has 1 aromatic carbocycles. The third kappa shape index (κ3) is 2.99. The van der Waals surface area contributed by atoms with Gasteiger partial charge < -0.3 is 9.64 Å². The van der Waals surface area contributed by atoms with Gasteiger partial charge in [0.05, 0.1) is 24.2 Å². The fourth-order valence-corrected chi connectivity index (χ4v) is 2.29. The Morgan fingerprint density at radius 1 is 1.48 bits per heavy atom. The van der Waals surface area contributed by atoms with Crippen LogP contribution in [0, 0.1) is 22.6 Å². The van der Waals surface area contributed by atoms with Crippen molar-refractivity contribution in [2.24, 2.45) is 5.41 Å². The van der Waals surface area contributed by atoms with Gasteiger partial charge in [-0.05, 0) is 19.1 Å². The number of benzene rings is 1. The number of amides is 1. The van der Waals surface area contributed by atoms with E-state index in [-0.39, 0.29) is 30.7 Å². The maximum Gasteiger partial charge on any atom is 0.228 e. The first kappa shape index (κ1) is 15.3. The van der Waals surface area contributed by atoms with Crippen LogP contribution in [-0.2, 0) is 11.3 Å². The minimum Gasteiger partial charge on any atom is -0.491 e. The number of ether oxygens (including phenoxy) is 1. The fraction of sp³-hybridized carbons (Fsp3) is 0.500. The molecule has 4 nitrogen and oxygen atoms in total. The standard InChI is InChI=1S/C16H19FN2O2/c1-10-9-21-14-6-11(7-18)5-13(17)12(14)8-19(10)15(20)16(2,3)4/h5-6,10H,8-9H2,1-4H3/t10-/m0/s1. The van der Waals surface area contributed by atoms with Gasteiger partial charge in [0.1, 0.15) is 18.2 Å². The van der Waals surface area contributed by atoms with Crippen molar-refractivity contribution in [2.45, 2.75) is 40.3 Å². The van der Waals surface area contributed by atoms with Crippen LogP contribution in [0.2, 0.25) is 0 Å². The van der Waals surface area contributed by atoms with Gasteiger partial charge in [-0.15, -0.1) is 0 Å². The molecule has 21 heavy (non-hydrogen) atoms. The SMILES string of the molecule is C[C@H]1COc2cc(C#N)cc(F)c2CN1C(=O)C(C)(C)C. The summed E-state index contributed by atoms with van der Waals surface area (Å²) in [5.41, 5.74) is 0.00687. The predicted octanol–water partition coefficient (Wildman–Crippen LogP) is 2.85. The van der Waals surface area contributed by atoms with Gasteiger partial charge in [-0.25, -0.2) is 4.39 Å². The number of nitriles is 1. The minimum atomic E-state index is -0.540. The lowest BCUT2D eigenvalue weighted by Crippen LogP contribution is -2.45. The molecule has 0 radical (unpaired) electrons. The van der Waals surface area contributed by atoms with Gasteiger partial charge in [-0.1, -0.05) is 20.8 Å². The third-order valence-corrected chi connectivity index (χ3v) is 3.53. The highest BCUT2D eigenvalue weighted by molar-refractivity contribution is 5.82. The average molecular weight is 290 g/mol. The van der Waals surface area contributed by atoms with E-state index < -0.39 is 11.2 Å². The third-order valence-electron chi connectivity index (χ3n) is 3.53. The highest BCUT2D eigenvalue weighted by Gasteiger charge is 2.33. The zero-order chi connectivity index (χ0) is 15.8. The Labute approximate surface area is 124 Å². The average Bonchev–Trinajstić information content (AvgIpc) is 2.57. The lowest BCUT2D eigenvalue weighted by molar-refractivity contribution is -0.142. The molecule has 0 N–H and O–H groups in total. The van der Waals surface area contributed by atoms with E-state index in [1.54, 1.807) is 4.90 Å². The van der Waals surface area contributed by atoms with Crippen LogP contribution in [0.1, 0.15) is 38.8 Å². The van der Waals surface area contributed by atoms with Gasteiger partial charge in [0.2, 0.25) is 5.91 Å². The molecule has 0 unspecified atom stereocenters. The van der Waals surface area contributed by atoms with Crippen LogP contribution in [0.5, 0.6) is 5.75 Å². The van der Waals surface area contributed by atoms with E-state index in [1.165, 1.54) is 12.1 Å². The van der Waals surface area contributed by atoms with Gasteiger partial charge in [0.25, 0.3) is 0 Å². The molecule has 1 aromatic rings. The van der Waals surface area contributed by atoms with Crippen molar-refractivity contribution in [3.63, 3.8) is 0 Å². The smallest absolute Gasteiger partial charge is 0.228 e. The molecule has 1 amide bonds. The van der Waals surface area contributed by atoms with Crippen molar-refractivity contribution in [2.75, 3.05) is 6.61 Å². The largest absolute Gasteiger partial charge is 0.491 e. The summed E-state index contributed by atoms with van der Waals surface area (Å²) in [5, 5.41) is 8.90. The van der Waals surface area contributed by atoms with E-state index >= 15 is 0 Å². The van der Waals surface area contributed by atoms with E-state index in [1.807, 2.05) is 33.8 Å². The molecular formula is C16H19FN2O2. The van der Waals surface area contributed by atoms with Gasteiger partial charge in [-0.2, -0.15) is 5.26 Å². The molecule has 0 bridgehead atoms.